The summed E-state index contributed by atoms with van der Waals surface area (Å²) in [7, 11) is 0. The Morgan fingerprint density at radius 1 is 1.00 bits per heavy atom. The standard InChI is InChI=1S/C31H36N4O3.CO2/c1-7-26-28(23-12-14-25(15-13-23)37-19-21-8-10-22(11-9-21)20(2)3)29(35-34-26)24-16-17-32-27(18-24)33-30(36)38-31(4,5)6;2-1-3/h8-18,20H,7,19H2,1-6H3,(H,34,35)(H,32,33,36);. The molecule has 2 N–H and O–H groups in total. The molecule has 0 radical (unpaired) electrons. The van der Waals surface area contributed by atoms with Crippen molar-refractivity contribution in [2.45, 2.75) is 66.1 Å². The molecule has 2 aromatic carbocycles. The van der Waals surface area contributed by atoms with Gasteiger partial charge in [0.1, 0.15) is 29.5 Å². The number of nitrogens with one attached hydrogen (secondary N) is 2. The van der Waals surface area contributed by atoms with Crippen molar-refractivity contribution >= 4 is 18.1 Å². The molecule has 0 saturated carbocycles. The van der Waals surface area contributed by atoms with Gasteiger partial charge >= 0.3 is 12.2 Å². The molecule has 0 aliphatic carbocycles. The van der Waals surface area contributed by atoms with Crippen molar-refractivity contribution in [1.82, 2.24) is 15.2 Å². The highest BCUT2D eigenvalue weighted by Crippen LogP contribution is 2.35. The molecule has 0 aliphatic heterocycles. The van der Waals surface area contributed by atoms with Gasteiger partial charge in [0.05, 0.1) is 0 Å². The molecule has 2 aromatic heterocycles. The minimum absolute atomic E-state index is 0.250. The Balaban J connectivity index is 0.00000147. The highest BCUT2D eigenvalue weighted by Gasteiger charge is 2.19. The third-order valence-corrected chi connectivity index (χ3v) is 6.05. The van der Waals surface area contributed by atoms with Gasteiger partial charge in [-0.05, 0) is 74.1 Å². The first kappa shape index (κ1) is 30.8. The lowest BCUT2D eigenvalue weighted by atomic mass is 9.98. The average molecular weight is 557 g/mol. The molecule has 0 unspecified atom stereocenters. The number of carbonyl (C=O) groups excluding carboxylic acids is 3. The van der Waals surface area contributed by atoms with Crippen LogP contribution in [0.4, 0.5) is 10.6 Å². The second kappa shape index (κ2) is 14.1. The molecule has 1 amide bonds. The normalized spacial score (nSPS) is 10.8. The van der Waals surface area contributed by atoms with E-state index in [4.69, 9.17) is 19.1 Å². The van der Waals surface area contributed by atoms with Crippen LogP contribution in [0.2, 0.25) is 0 Å². The van der Waals surface area contributed by atoms with Gasteiger partial charge in [-0.3, -0.25) is 10.4 Å². The van der Waals surface area contributed by atoms with E-state index in [9.17, 15) is 4.79 Å². The van der Waals surface area contributed by atoms with E-state index < -0.39 is 11.7 Å². The summed E-state index contributed by atoms with van der Waals surface area (Å²) < 4.78 is 11.4. The zero-order valence-electron chi connectivity index (χ0n) is 24.3. The topological polar surface area (TPSA) is 123 Å². The highest BCUT2D eigenvalue weighted by atomic mass is 16.6. The number of hydrogen-bond acceptors (Lipinski definition) is 7. The Morgan fingerprint density at radius 2 is 1.66 bits per heavy atom. The van der Waals surface area contributed by atoms with Crippen molar-refractivity contribution in [3.63, 3.8) is 0 Å². The second-order valence-corrected chi connectivity index (χ2v) is 10.6. The molecular formula is C32H36N4O5. The van der Waals surface area contributed by atoms with Gasteiger partial charge in [0.25, 0.3) is 0 Å². The van der Waals surface area contributed by atoms with Gasteiger partial charge in [-0.1, -0.05) is 57.2 Å². The van der Waals surface area contributed by atoms with E-state index in [0.29, 0.717) is 18.3 Å². The summed E-state index contributed by atoms with van der Waals surface area (Å²) in [6.07, 6.45) is 2.14. The number of aryl methyl sites for hydroxylation is 1. The molecule has 0 aliphatic rings. The van der Waals surface area contributed by atoms with E-state index >= 15 is 0 Å². The number of pyridine rings is 1. The fourth-order valence-corrected chi connectivity index (χ4v) is 4.09. The van der Waals surface area contributed by atoms with E-state index in [2.05, 4.69) is 65.5 Å². The van der Waals surface area contributed by atoms with Gasteiger partial charge in [0.15, 0.2) is 0 Å². The fourth-order valence-electron chi connectivity index (χ4n) is 4.09. The Bertz CT molecular complexity index is 1460. The van der Waals surface area contributed by atoms with Crippen LogP contribution in [-0.4, -0.2) is 33.0 Å². The Morgan fingerprint density at radius 3 is 2.24 bits per heavy atom. The van der Waals surface area contributed by atoms with E-state index in [1.807, 2.05) is 51.1 Å². The maximum atomic E-state index is 12.2. The number of anilines is 1. The monoisotopic (exact) mass is 556 g/mol. The van der Waals surface area contributed by atoms with Crippen LogP contribution in [0.1, 0.15) is 64.3 Å². The Kier molecular flexibility index (Phi) is 10.6. The SMILES string of the molecule is CCc1[nH]nc(-c2ccnc(NC(=O)OC(C)(C)C)c2)c1-c1ccc(OCc2ccc(C(C)C)cc2)cc1.O=C=O. The number of ether oxygens (including phenoxy) is 2. The zero-order valence-corrected chi connectivity index (χ0v) is 24.3. The molecule has 2 heterocycles. The quantitative estimate of drug-likeness (QED) is 0.236. The van der Waals surface area contributed by atoms with Crippen LogP contribution >= 0.6 is 0 Å². The summed E-state index contributed by atoms with van der Waals surface area (Å²) in [4.78, 5) is 32.7. The number of benzene rings is 2. The zero-order chi connectivity index (χ0) is 30.0. The number of carbonyl (C=O) groups is 1. The number of amides is 1. The summed E-state index contributed by atoms with van der Waals surface area (Å²) in [5.41, 5.74) is 6.55. The van der Waals surface area contributed by atoms with Crippen LogP contribution in [-0.2, 0) is 27.4 Å². The van der Waals surface area contributed by atoms with Crippen LogP contribution < -0.4 is 10.1 Å². The molecule has 214 valence electrons. The molecular weight excluding hydrogens is 520 g/mol. The fraction of sp³-hybridized carbons (Fsp3) is 0.312. The maximum Gasteiger partial charge on any atom is 0.413 e. The second-order valence-electron chi connectivity index (χ2n) is 10.6. The first-order valence-electron chi connectivity index (χ1n) is 13.4. The van der Waals surface area contributed by atoms with Gasteiger partial charge in [-0.15, -0.1) is 0 Å². The number of aromatic amines is 1. The first-order chi connectivity index (χ1) is 19.5. The number of aromatic nitrogens is 3. The van der Waals surface area contributed by atoms with E-state index in [0.717, 1.165) is 45.8 Å². The van der Waals surface area contributed by atoms with Crippen molar-refractivity contribution < 1.29 is 23.9 Å². The molecule has 4 aromatic rings. The van der Waals surface area contributed by atoms with Gasteiger partial charge in [-0.2, -0.15) is 14.7 Å². The van der Waals surface area contributed by atoms with E-state index in [1.54, 1.807) is 12.3 Å². The molecule has 0 spiro atoms. The van der Waals surface area contributed by atoms with Crippen molar-refractivity contribution in [2.24, 2.45) is 0 Å². The third kappa shape index (κ3) is 8.88. The van der Waals surface area contributed by atoms with Gasteiger partial charge in [0, 0.05) is 23.0 Å². The van der Waals surface area contributed by atoms with Crippen molar-refractivity contribution in [2.75, 3.05) is 5.32 Å². The summed E-state index contributed by atoms with van der Waals surface area (Å²) in [5.74, 6) is 1.71. The summed E-state index contributed by atoms with van der Waals surface area (Å²) >= 11 is 0. The maximum absolute atomic E-state index is 12.2. The van der Waals surface area contributed by atoms with Crippen LogP contribution in [0, 0.1) is 0 Å². The molecule has 9 heteroatoms. The number of nitrogens with zero attached hydrogens (tertiary/aromatic N) is 2. The summed E-state index contributed by atoms with van der Waals surface area (Å²) in [6.45, 7) is 12.4. The largest absolute Gasteiger partial charge is 0.489 e. The van der Waals surface area contributed by atoms with E-state index in [1.165, 1.54) is 5.56 Å². The van der Waals surface area contributed by atoms with Crippen molar-refractivity contribution in [1.29, 1.82) is 0 Å². The Labute approximate surface area is 240 Å². The third-order valence-electron chi connectivity index (χ3n) is 6.05. The minimum Gasteiger partial charge on any atom is -0.489 e. The molecule has 0 saturated heterocycles. The van der Waals surface area contributed by atoms with Crippen molar-refractivity contribution in [3.05, 3.63) is 83.7 Å². The van der Waals surface area contributed by atoms with Gasteiger partial charge < -0.3 is 9.47 Å². The lowest BCUT2D eigenvalue weighted by Gasteiger charge is -2.19. The highest BCUT2D eigenvalue weighted by molar-refractivity contribution is 5.87. The molecule has 41 heavy (non-hydrogen) atoms. The van der Waals surface area contributed by atoms with Crippen molar-refractivity contribution in [3.8, 4) is 28.1 Å². The van der Waals surface area contributed by atoms with Gasteiger partial charge in [-0.25, -0.2) is 9.78 Å². The molecule has 0 atom stereocenters. The predicted octanol–water partition coefficient (Wildman–Crippen LogP) is 7.17. The number of hydrogen-bond donors (Lipinski definition) is 2. The predicted molar refractivity (Wildman–Crippen MR) is 156 cm³/mol. The van der Waals surface area contributed by atoms with E-state index in [-0.39, 0.29) is 6.15 Å². The number of H-pyrrole nitrogens is 1. The van der Waals surface area contributed by atoms with Crippen LogP contribution in [0.15, 0.2) is 66.9 Å². The summed E-state index contributed by atoms with van der Waals surface area (Å²) in [6, 6.07) is 20.3. The minimum atomic E-state index is -0.596. The lowest BCUT2D eigenvalue weighted by molar-refractivity contribution is -0.191. The smallest absolute Gasteiger partial charge is 0.413 e. The van der Waals surface area contributed by atoms with Crippen LogP contribution in [0.5, 0.6) is 5.75 Å². The lowest BCUT2D eigenvalue weighted by Crippen LogP contribution is -2.27. The molecule has 4 rings (SSSR count). The van der Waals surface area contributed by atoms with Gasteiger partial charge in [0.2, 0.25) is 0 Å². The van der Waals surface area contributed by atoms with Crippen LogP contribution in [0.3, 0.4) is 0 Å². The molecule has 9 nitrogen and oxygen atoms in total. The average Bonchev–Trinajstić information content (AvgIpc) is 3.36. The molecule has 0 fully saturated rings. The Hall–Kier alpha value is -4.75. The van der Waals surface area contributed by atoms with Crippen LogP contribution in [0.25, 0.3) is 22.4 Å². The summed E-state index contributed by atoms with van der Waals surface area (Å²) in [5, 5.41) is 10.5. The first-order valence-corrected chi connectivity index (χ1v) is 13.4. The number of rotatable bonds is 8. The molecule has 0 bridgehead atoms.